The van der Waals surface area contributed by atoms with Crippen molar-refractivity contribution in [2.75, 3.05) is 25.3 Å². The molecule has 35 heavy (non-hydrogen) atoms. The molecule has 4 rings (SSSR count). The van der Waals surface area contributed by atoms with E-state index in [0.29, 0.717) is 22.4 Å². The standard InChI is InChI=1S/C26H22N2O6S/c1-32-20-13-18(25(30)31)19(14-21(20)33-2)27-22(29)15-35-26-28-23(16-9-5-3-6-10-16)24(34-26)17-11-7-4-8-12-17/h3-14H,15H2,1-2H3,(H,27,29)(H,30,31). The lowest BCUT2D eigenvalue weighted by atomic mass is 10.1. The number of aromatic carboxylic acids is 1. The fourth-order valence-electron chi connectivity index (χ4n) is 3.41. The molecule has 8 nitrogen and oxygen atoms in total. The highest BCUT2D eigenvalue weighted by atomic mass is 32.2. The molecular weight excluding hydrogens is 468 g/mol. The van der Waals surface area contributed by atoms with Crippen LogP contribution in [0.2, 0.25) is 0 Å². The summed E-state index contributed by atoms with van der Waals surface area (Å²) in [6.07, 6.45) is 0. The molecule has 0 saturated carbocycles. The number of carboxylic acid groups (broad SMARTS) is 1. The molecule has 2 N–H and O–H groups in total. The van der Waals surface area contributed by atoms with Gasteiger partial charge in [0, 0.05) is 23.3 Å². The Morgan fingerprint density at radius 1 is 0.943 bits per heavy atom. The van der Waals surface area contributed by atoms with Gasteiger partial charge in [-0.15, -0.1) is 0 Å². The third-order valence-corrected chi connectivity index (χ3v) is 5.87. The van der Waals surface area contributed by atoms with E-state index < -0.39 is 11.9 Å². The molecule has 1 aromatic heterocycles. The summed E-state index contributed by atoms with van der Waals surface area (Å²) in [5, 5.41) is 12.5. The van der Waals surface area contributed by atoms with E-state index in [1.54, 1.807) is 0 Å². The quantitative estimate of drug-likeness (QED) is 0.298. The molecule has 0 radical (unpaired) electrons. The Bertz CT molecular complexity index is 1280. The molecule has 178 valence electrons. The number of oxazole rings is 1. The van der Waals surface area contributed by atoms with Gasteiger partial charge in [0.25, 0.3) is 5.22 Å². The number of aromatic nitrogens is 1. The van der Waals surface area contributed by atoms with Gasteiger partial charge in [0.2, 0.25) is 5.91 Å². The number of hydrogen-bond acceptors (Lipinski definition) is 7. The molecule has 0 fully saturated rings. The van der Waals surface area contributed by atoms with Gasteiger partial charge in [0.1, 0.15) is 5.69 Å². The number of nitrogens with zero attached hydrogens (tertiary/aromatic N) is 1. The topological polar surface area (TPSA) is 111 Å². The summed E-state index contributed by atoms with van der Waals surface area (Å²) in [5.74, 6) is -0.525. The Morgan fingerprint density at radius 2 is 1.54 bits per heavy atom. The van der Waals surface area contributed by atoms with Gasteiger partial charge in [0.15, 0.2) is 17.3 Å². The van der Waals surface area contributed by atoms with E-state index in [9.17, 15) is 14.7 Å². The highest BCUT2D eigenvalue weighted by Gasteiger charge is 2.20. The second kappa shape index (κ2) is 10.8. The van der Waals surface area contributed by atoms with Crippen molar-refractivity contribution in [1.82, 2.24) is 4.98 Å². The van der Waals surface area contributed by atoms with Gasteiger partial charge in [-0.3, -0.25) is 4.79 Å². The molecule has 9 heteroatoms. The number of rotatable bonds is 9. The van der Waals surface area contributed by atoms with Gasteiger partial charge in [-0.1, -0.05) is 72.4 Å². The number of carbonyl (C=O) groups is 2. The third kappa shape index (κ3) is 5.47. The molecule has 4 aromatic rings. The molecule has 0 atom stereocenters. The van der Waals surface area contributed by atoms with Crippen molar-refractivity contribution in [3.8, 4) is 34.1 Å². The average Bonchev–Trinajstić information content (AvgIpc) is 3.32. The highest BCUT2D eigenvalue weighted by molar-refractivity contribution is 7.99. The number of benzene rings is 3. The molecule has 0 spiro atoms. The molecule has 0 unspecified atom stereocenters. The summed E-state index contributed by atoms with van der Waals surface area (Å²) in [7, 11) is 2.83. The Hall–Kier alpha value is -4.24. The van der Waals surface area contributed by atoms with Crippen molar-refractivity contribution in [3.05, 3.63) is 78.4 Å². The van der Waals surface area contributed by atoms with E-state index in [-0.39, 0.29) is 22.8 Å². The average molecular weight is 491 g/mol. The predicted molar refractivity (Wildman–Crippen MR) is 133 cm³/mol. The first-order valence-electron chi connectivity index (χ1n) is 10.5. The van der Waals surface area contributed by atoms with Gasteiger partial charge >= 0.3 is 5.97 Å². The zero-order valence-electron chi connectivity index (χ0n) is 19.0. The summed E-state index contributed by atoms with van der Waals surface area (Å²) in [4.78, 5) is 29.0. The number of ether oxygens (including phenoxy) is 2. The molecule has 0 aliphatic rings. The number of carboxylic acids is 1. The van der Waals surface area contributed by atoms with Crippen LogP contribution in [0.5, 0.6) is 11.5 Å². The first kappa shape index (κ1) is 23.9. The van der Waals surface area contributed by atoms with Crippen molar-refractivity contribution in [3.63, 3.8) is 0 Å². The first-order chi connectivity index (χ1) is 17.0. The van der Waals surface area contributed by atoms with Crippen LogP contribution >= 0.6 is 11.8 Å². The van der Waals surface area contributed by atoms with Crippen LogP contribution < -0.4 is 14.8 Å². The van der Waals surface area contributed by atoms with Crippen molar-refractivity contribution < 1.29 is 28.6 Å². The van der Waals surface area contributed by atoms with Crippen LogP contribution in [0, 0.1) is 0 Å². The third-order valence-electron chi connectivity index (χ3n) is 5.05. The molecule has 0 aliphatic carbocycles. The van der Waals surface area contributed by atoms with Gasteiger partial charge in [0.05, 0.1) is 31.2 Å². The molecule has 1 amide bonds. The summed E-state index contributed by atoms with van der Waals surface area (Å²) >= 11 is 1.11. The van der Waals surface area contributed by atoms with Crippen molar-refractivity contribution in [2.45, 2.75) is 5.22 Å². The predicted octanol–water partition coefficient (Wildman–Crippen LogP) is 5.45. The van der Waals surface area contributed by atoms with Crippen molar-refractivity contribution in [2.24, 2.45) is 0 Å². The first-order valence-corrected chi connectivity index (χ1v) is 11.5. The molecule has 3 aromatic carbocycles. The highest BCUT2D eigenvalue weighted by Crippen LogP contribution is 2.36. The number of carbonyl (C=O) groups excluding carboxylic acids is 1. The smallest absolute Gasteiger partial charge is 0.337 e. The maximum atomic E-state index is 12.7. The van der Waals surface area contributed by atoms with Gasteiger partial charge in [-0.25, -0.2) is 9.78 Å². The minimum absolute atomic E-state index is 0.0453. The van der Waals surface area contributed by atoms with Gasteiger partial charge < -0.3 is 24.3 Å². The fourth-order valence-corrected chi connectivity index (χ4v) is 4.04. The second-order valence-corrected chi connectivity index (χ2v) is 8.21. The fraction of sp³-hybridized carbons (Fsp3) is 0.115. The van der Waals surface area contributed by atoms with Gasteiger partial charge in [-0.2, -0.15) is 0 Å². The second-order valence-electron chi connectivity index (χ2n) is 7.28. The minimum atomic E-state index is -1.21. The van der Waals surface area contributed by atoms with E-state index in [1.807, 2.05) is 60.7 Å². The van der Waals surface area contributed by atoms with E-state index >= 15 is 0 Å². The van der Waals surface area contributed by atoms with Crippen molar-refractivity contribution >= 4 is 29.3 Å². The minimum Gasteiger partial charge on any atom is -0.493 e. The maximum Gasteiger partial charge on any atom is 0.337 e. The van der Waals surface area contributed by atoms with Crippen LogP contribution in [0.15, 0.2) is 82.4 Å². The number of hydrogen-bond donors (Lipinski definition) is 2. The van der Waals surface area contributed by atoms with Crippen LogP contribution in [0.1, 0.15) is 10.4 Å². The molecular formula is C26H22N2O6S. The number of nitrogens with one attached hydrogen (secondary N) is 1. The summed E-state index contributed by atoms with van der Waals surface area (Å²) < 4.78 is 16.4. The van der Waals surface area contributed by atoms with Gasteiger partial charge in [-0.05, 0) is 0 Å². The van der Waals surface area contributed by atoms with Crippen LogP contribution in [0.25, 0.3) is 22.6 Å². The lowest BCUT2D eigenvalue weighted by molar-refractivity contribution is -0.113. The Balaban J connectivity index is 1.55. The zero-order valence-corrected chi connectivity index (χ0v) is 19.8. The van der Waals surface area contributed by atoms with E-state index in [2.05, 4.69) is 10.3 Å². The number of anilines is 1. The number of methoxy groups -OCH3 is 2. The molecule has 1 heterocycles. The Labute approximate surface area is 205 Å². The van der Waals surface area contributed by atoms with Crippen molar-refractivity contribution in [1.29, 1.82) is 0 Å². The SMILES string of the molecule is COc1cc(NC(=O)CSc2nc(-c3ccccc3)c(-c3ccccc3)o2)c(C(=O)O)cc1OC. The Kier molecular flexibility index (Phi) is 7.37. The van der Waals surface area contributed by atoms with Crippen LogP contribution in [-0.2, 0) is 4.79 Å². The largest absolute Gasteiger partial charge is 0.493 e. The summed E-state index contributed by atoms with van der Waals surface area (Å²) in [6.45, 7) is 0. The summed E-state index contributed by atoms with van der Waals surface area (Å²) in [6, 6.07) is 22.0. The van der Waals surface area contributed by atoms with Crippen LogP contribution in [-0.4, -0.2) is 41.9 Å². The van der Waals surface area contributed by atoms with E-state index in [4.69, 9.17) is 13.9 Å². The lowest BCUT2D eigenvalue weighted by Gasteiger charge is -2.13. The Morgan fingerprint density at radius 3 is 2.14 bits per heavy atom. The van der Waals surface area contributed by atoms with E-state index in [0.717, 1.165) is 22.9 Å². The monoisotopic (exact) mass is 490 g/mol. The lowest BCUT2D eigenvalue weighted by Crippen LogP contribution is -2.17. The number of amides is 1. The maximum absolute atomic E-state index is 12.7. The van der Waals surface area contributed by atoms with E-state index in [1.165, 1.54) is 26.4 Å². The van der Waals surface area contributed by atoms with Crippen LogP contribution in [0.3, 0.4) is 0 Å². The normalized spacial score (nSPS) is 10.6. The molecule has 0 aliphatic heterocycles. The van der Waals surface area contributed by atoms with Crippen LogP contribution in [0.4, 0.5) is 5.69 Å². The zero-order chi connectivity index (χ0) is 24.8. The molecule has 0 bridgehead atoms. The summed E-state index contributed by atoms with van der Waals surface area (Å²) in [5.41, 5.74) is 2.42. The molecule has 0 saturated heterocycles. The number of thioether (sulfide) groups is 1.